The molecule has 0 spiro atoms. The van der Waals surface area contributed by atoms with Crippen LogP contribution >= 0.6 is 11.6 Å². The van der Waals surface area contributed by atoms with E-state index < -0.39 is 5.97 Å². The SMILES string of the molecule is O=C(O)c1ccc2c(c1)N(NC(=O)c1cccc3ccn(Cc4ccc(Cl)cc4)c13)CC2. The predicted octanol–water partition coefficient (Wildman–Crippen LogP) is 4.75. The minimum Gasteiger partial charge on any atom is -0.478 e. The molecule has 2 N–H and O–H groups in total. The van der Waals surface area contributed by atoms with Gasteiger partial charge >= 0.3 is 5.97 Å². The number of halogens is 1. The van der Waals surface area contributed by atoms with Gasteiger partial charge in [0.2, 0.25) is 0 Å². The van der Waals surface area contributed by atoms with Crippen molar-refractivity contribution in [1.29, 1.82) is 0 Å². The molecular weight excluding hydrogens is 426 g/mol. The highest BCUT2D eigenvalue weighted by molar-refractivity contribution is 6.30. The van der Waals surface area contributed by atoms with Gasteiger partial charge in [-0.05, 0) is 53.9 Å². The van der Waals surface area contributed by atoms with Gasteiger partial charge in [-0.3, -0.25) is 15.2 Å². The smallest absolute Gasteiger partial charge is 0.335 e. The fraction of sp³-hybridized carbons (Fsp3) is 0.120. The molecule has 2 heterocycles. The Kier molecular flexibility index (Phi) is 5.07. The van der Waals surface area contributed by atoms with Crippen molar-refractivity contribution in [3.63, 3.8) is 0 Å². The molecule has 32 heavy (non-hydrogen) atoms. The van der Waals surface area contributed by atoms with Crippen LogP contribution in [0, 0.1) is 0 Å². The number of carboxylic acids is 1. The van der Waals surface area contributed by atoms with E-state index in [9.17, 15) is 14.7 Å². The number of anilines is 1. The van der Waals surface area contributed by atoms with Crippen LogP contribution in [-0.2, 0) is 13.0 Å². The van der Waals surface area contributed by atoms with Crippen molar-refractivity contribution in [2.75, 3.05) is 11.6 Å². The first kappa shape index (κ1) is 20.2. The molecule has 0 aliphatic carbocycles. The largest absolute Gasteiger partial charge is 0.478 e. The molecule has 1 aliphatic heterocycles. The summed E-state index contributed by atoms with van der Waals surface area (Å²) in [5, 5.41) is 12.7. The quantitative estimate of drug-likeness (QED) is 0.465. The maximum atomic E-state index is 13.3. The summed E-state index contributed by atoms with van der Waals surface area (Å²) >= 11 is 6.00. The van der Waals surface area contributed by atoms with Crippen molar-refractivity contribution in [3.8, 4) is 0 Å². The highest BCUT2D eigenvalue weighted by atomic mass is 35.5. The molecule has 1 aliphatic rings. The monoisotopic (exact) mass is 445 g/mol. The normalized spacial score (nSPS) is 12.7. The predicted molar refractivity (Wildman–Crippen MR) is 124 cm³/mol. The third-order valence-corrected chi connectivity index (χ3v) is 6.02. The number of para-hydroxylation sites is 1. The maximum absolute atomic E-state index is 13.3. The average Bonchev–Trinajstić information content (AvgIpc) is 3.39. The molecule has 4 aromatic rings. The van der Waals surface area contributed by atoms with Gasteiger partial charge < -0.3 is 9.67 Å². The summed E-state index contributed by atoms with van der Waals surface area (Å²) in [6.45, 7) is 1.20. The van der Waals surface area contributed by atoms with Crippen LogP contribution in [0.25, 0.3) is 10.9 Å². The lowest BCUT2D eigenvalue weighted by atomic mass is 10.1. The molecule has 0 unspecified atom stereocenters. The summed E-state index contributed by atoms with van der Waals surface area (Å²) in [7, 11) is 0. The molecule has 0 radical (unpaired) electrons. The summed E-state index contributed by atoms with van der Waals surface area (Å²) in [4.78, 5) is 24.6. The second-order valence-corrected chi connectivity index (χ2v) is 8.24. The molecule has 7 heteroatoms. The zero-order chi connectivity index (χ0) is 22.2. The number of aromatic carboxylic acids is 1. The zero-order valence-corrected chi connectivity index (χ0v) is 17.8. The molecule has 1 amide bonds. The number of carbonyl (C=O) groups is 2. The van der Waals surface area contributed by atoms with E-state index in [2.05, 4.69) is 5.43 Å². The number of hydrazine groups is 1. The highest BCUT2D eigenvalue weighted by Crippen LogP contribution is 2.28. The van der Waals surface area contributed by atoms with E-state index in [1.54, 1.807) is 23.2 Å². The number of amides is 1. The minimum atomic E-state index is -0.990. The first-order chi connectivity index (χ1) is 15.5. The number of nitrogens with one attached hydrogen (secondary N) is 1. The number of hydrogen-bond acceptors (Lipinski definition) is 3. The van der Waals surface area contributed by atoms with E-state index in [0.29, 0.717) is 23.7 Å². The van der Waals surface area contributed by atoms with Crippen molar-refractivity contribution in [2.24, 2.45) is 0 Å². The summed E-state index contributed by atoms with van der Waals surface area (Å²) in [6, 6.07) is 20.3. The summed E-state index contributed by atoms with van der Waals surface area (Å²) in [5.74, 6) is -1.23. The number of benzene rings is 3. The zero-order valence-electron chi connectivity index (χ0n) is 17.1. The Morgan fingerprint density at radius 1 is 1.03 bits per heavy atom. The van der Waals surface area contributed by atoms with Gasteiger partial charge in [0.15, 0.2) is 0 Å². The lowest BCUT2D eigenvalue weighted by Gasteiger charge is -2.21. The minimum absolute atomic E-state index is 0.198. The second-order valence-electron chi connectivity index (χ2n) is 7.80. The molecule has 1 aromatic heterocycles. The Labute approximate surface area is 189 Å². The summed E-state index contributed by atoms with van der Waals surface area (Å²) in [6.07, 6.45) is 2.72. The molecular formula is C25H20ClN3O3. The van der Waals surface area contributed by atoms with Crippen LogP contribution in [-0.4, -0.2) is 28.1 Å². The first-order valence-electron chi connectivity index (χ1n) is 10.3. The third-order valence-electron chi connectivity index (χ3n) is 5.76. The van der Waals surface area contributed by atoms with Gasteiger partial charge in [-0.15, -0.1) is 0 Å². The molecule has 5 rings (SSSR count). The van der Waals surface area contributed by atoms with Crippen LogP contribution in [0.3, 0.4) is 0 Å². The number of aromatic nitrogens is 1. The number of rotatable bonds is 5. The van der Waals surface area contributed by atoms with Crippen LogP contribution in [0.15, 0.2) is 72.9 Å². The van der Waals surface area contributed by atoms with E-state index in [-0.39, 0.29) is 11.5 Å². The van der Waals surface area contributed by atoms with Crippen molar-refractivity contribution in [3.05, 3.63) is 100 Å². The summed E-state index contributed by atoms with van der Waals surface area (Å²) in [5.41, 5.74) is 7.39. The number of hydrogen-bond donors (Lipinski definition) is 2. The van der Waals surface area contributed by atoms with Gasteiger partial charge in [-0.1, -0.05) is 41.9 Å². The first-order valence-corrected chi connectivity index (χ1v) is 10.6. The fourth-order valence-corrected chi connectivity index (χ4v) is 4.30. The van der Waals surface area contributed by atoms with Crippen molar-refractivity contribution in [2.45, 2.75) is 13.0 Å². The number of nitrogens with zero attached hydrogens (tertiary/aromatic N) is 2. The Balaban J connectivity index is 1.45. The van der Waals surface area contributed by atoms with Crippen molar-refractivity contribution in [1.82, 2.24) is 9.99 Å². The Bertz CT molecular complexity index is 1340. The topological polar surface area (TPSA) is 74.6 Å². The van der Waals surface area contributed by atoms with Gasteiger partial charge in [-0.25, -0.2) is 4.79 Å². The number of carbonyl (C=O) groups excluding carboxylic acids is 1. The molecule has 0 bridgehead atoms. The van der Waals surface area contributed by atoms with Crippen LogP contribution in [0.5, 0.6) is 0 Å². The van der Waals surface area contributed by atoms with Crippen LogP contribution in [0.4, 0.5) is 5.69 Å². The van der Waals surface area contributed by atoms with Crippen LogP contribution < -0.4 is 10.4 Å². The average molecular weight is 446 g/mol. The van der Waals surface area contributed by atoms with Crippen molar-refractivity contribution < 1.29 is 14.7 Å². The number of carboxylic acid groups (broad SMARTS) is 1. The Morgan fingerprint density at radius 3 is 2.62 bits per heavy atom. The molecule has 0 fully saturated rings. The second kappa shape index (κ2) is 8.05. The molecule has 3 aromatic carbocycles. The van der Waals surface area contributed by atoms with Crippen LogP contribution in [0.1, 0.15) is 31.8 Å². The van der Waals surface area contributed by atoms with Crippen molar-refractivity contribution >= 4 is 40.1 Å². The molecule has 6 nitrogen and oxygen atoms in total. The molecule has 0 atom stereocenters. The van der Waals surface area contributed by atoms with Crippen LogP contribution in [0.2, 0.25) is 5.02 Å². The molecule has 0 saturated heterocycles. The maximum Gasteiger partial charge on any atom is 0.335 e. The standard InChI is InChI=1S/C25H20ClN3O3/c26-20-8-4-16(5-9-20)15-28-12-10-18-2-1-3-21(23(18)28)24(30)27-29-13-11-17-6-7-19(25(31)32)14-22(17)29/h1-10,12,14H,11,13,15H2,(H,27,30)(H,31,32). The van der Waals surface area contributed by atoms with E-state index in [1.165, 1.54) is 0 Å². The van der Waals surface area contributed by atoms with Gasteiger partial charge in [0.05, 0.1) is 22.3 Å². The van der Waals surface area contributed by atoms with Gasteiger partial charge in [0, 0.05) is 29.7 Å². The van der Waals surface area contributed by atoms with Gasteiger partial charge in [-0.2, -0.15) is 0 Å². The molecule has 0 saturated carbocycles. The Morgan fingerprint density at radius 2 is 1.84 bits per heavy atom. The van der Waals surface area contributed by atoms with E-state index >= 15 is 0 Å². The number of fused-ring (bicyclic) bond motifs is 2. The lowest BCUT2D eigenvalue weighted by molar-refractivity contribution is 0.0696. The lowest BCUT2D eigenvalue weighted by Crippen LogP contribution is -2.41. The third kappa shape index (κ3) is 3.69. The molecule has 160 valence electrons. The van der Waals surface area contributed by atoms with E-state index in [0.717, 1.165) is 34.1 Å². The van der Waals surface area contributed by atoms with Gasteiger partial charge in [0.1, 0.15) is 0 Å². The fourth-order valence-electron chi connectivity index (χ4n) is 4.17. The highest BCUT2D eigenvalue weighted by Gasteiger charge is 2.24. The van der Waals surface area contributed by atoms with Gasteiger partial charge in [0.25, 0.3) is 5.91 Å². The Hall–Kier alpha value is -3.77. The van der Waals surface area contributed by atoms with E-state index in [4.69, 9.17) is 11.6 Å². The summed E-state index contributed by atoms with van der Waals surface area (Å²) < 4.78 is 2.05. The van der Waals surface area contributed by atoms with E-state index in [1.807, 2.05) is 59.3 Å².